The van der Waals surface area contributed by atoms with Crippen molar-refractivity contribution < 1.29 is 9.52 Å². The van der Waals surface area contributed by atoms with Crippen LogP contribution < -0.4 is 5.73 Å². The van der Waals surface area contributed by atoms with Crippen LogP contribution in [0.25, 0.3) is 0 Å². The molecular formula is C8H13N3O2. The summed E-state index contributed by atoms with van der Waals surface area (Å²) in [5.74, 6) is 0.831. The molecule has 0 aromatic carbocycles. The van der Waals surface area contributed by atoms with E-state index >= 15 is 0 Å². The number of hydrogen-bond acceptors (Lipinski definition) is 5. The summed E-state index contributed by atoms with van der Waals surface area (Å²) in [5.41, 5.74) is 5.76. The number of rotatable bonds is 1. The van der Waals surface area contributed by atoms with Crippen LogP contribution in [0.1, 0.15) is 37.5 Å². The Hall–Kier alpha value is -1.10. The first-order valence-electron chi connectivity index (χ1n) is 4.53. The van der Waals surface area contributed by atoms with E-state index in [-0.39, 0.29) is 12.0 Å². The monoisotopic (exact) mass is 183 g/mol. The van der Waals surface area contributed by atoms with Crippen molar-refractivity contribution in [2.45, 2.75) is 37.6 Å². The molecular weight excluding hydrogens is 170 g/mol. The number of nitrogens with zero attached hydrogens (tertiary/aromatic N) is 2. The first kappa shape index (κ1) is 8.50. The molecule has 1 saturated carbocycles. The molecule has 0 saturated heterocycles. The molecule has 0 spiro atoms. The van der Waals surface area contributed by atoms with Crippen molar-refractivity contribution in [2.24, 2.45) is 5.73 Å². The highest BCUT2D eigenvalue weighted by Gasteiger charge is 2.24. The first-order chi connectivity index (χ1) is 6.25. The summed E-state index contributed by atoms with van der Waals surface area (Å²) >= 11 is 0. The predicted octanol–water partition coefficient (Wildman–Crippen LogP) is 0.760. The van der Waals surface area contributed by atoms with E-state index in [0.29, 0.717) is 11.9 Å². The summed E-state index contributed by atoms with van der Waals surface area (Å²) in [4.78, 5) is 0. The van der Waals surface area contributed by atoms with Crippen LogP contribution in [-0.4, -0.2) is 21.3 Å². The fourth-order valence-corrected chi connectivity index (χ4v) is 1.76. The van der Waals surface area contributed by atoms with Crippen molar-refractivity contribution in [3.05, 3.63) is 5.89 Å². The molecule has 0 atom stereocenters. The largest absolute Gasteiger partial charge is 0.465 e. The van der Waals surface area contributed by atoms with Crippen LogP contribution in [0.4, 0.5) is 0 Å². The molecule has 0 bridgehead atoms. The van der Waals surface area contributed by atoms with Gasteiger partial charge in [0, 0.05) is 12.0 Å². The molecule has 0 amide bonds. The van der Waals surface area contributed by atoms with E-state index in [9.17, 15) is 0 Å². The van der Waals surface area contributed by atoms with Gasteiger partial charge >= 0.3 is 6.08 Å². The molecule has 0 radical (unpaired) electrons. The van der Waals surface area contributed by atoms with Crippen molar-refractivity contribution >= 4 is 0 Å². The topological polar surface area (TPSA) is 85.2 Å². The summed E-state index contributed by atoms with van der Waals surface area (Å²) in [5, 5.41) is 16.0. The Morgan fingerprint density at radius 3 is 2.46 bits per heavy atom. The van der Waals surface area contributed by atoms with E-state index < -0.39 is 0 Å². The van der Waals surface area contributed by atoms with Gasteiger partial charge in [0.25, 0.3) is 0 Å². The summed E-state index contributed by atoms with van der Waals surface area (Å²) in [7, 11) is 0. The average molecular weight is 183 g/mol. The Labute approximate surface area is 76.0 Å². The maximum absolute atomic E-state index is 8.87. The van der Waals surface area contributed by atoms with Gasteiger partial charge < -0.3 is 15.3 Å². The van der Waals surface area contributed by atoms with Gasteiger partial charge in [0.15, 0.2) is 0 Å². The van der Waals surface area contributed by atoms with E-state index in [1.807, 2.05) is 0 Å². The van der Waals surface area contributed by atoms with Gasteiger partial charge in [-0.1, -0.05) is 5.10 Å². The van der Waals surface area contributed by atoms with Gasteiger partial charge in [-0.25, -0.2) is 0 Å². The molecule has 13 heavy (non-hydrogen) atoms. The van der Waals surface area contributed by atoms with Gasteiger partial charge in [0.05, 0.1) is 0 Å². The third kappa shape index (κ3) is 1.80. The number of hydrogen-bond donors (Lipinski definition) is 2. The highest BCUT2D eigenvalue weighted by molar-refractivity contribution is 4.95. The molecule has 5 heteroatoms. The van der Waals surface area contributed by atoms with Crippen molar-refractivity contribution in [2.75, 3.05) is 0 Å². The first-order valence-corrected chi connectivity index (χ1v) is 4.53. The lowest BCUT2D eigenvalue weighted by molar-refractivity contribution is 0.277. The van der Waals surface area contributed by atoms with E-state index in [0.717, 1.165) is 25.7 Å². The predicted molar refractivity (Wildman–Crippen MR) is 45.1 cm³/mol. The quantitative estimate of drug-likeness (QED) is 0.671. The lowest BCUT2D eigenvalue weighted by Gasteiger charge is -2.22. The van der Waals surface area contributed by atoms with Crippen molar-refractivity contribution in [1.29, 1.82) is 0 Å². The third-order valence-electron chi connectivity index (χ3n) is 2.55. The summed E-state index contributed by atoms with van der Waals surface area (Å²) < 4.78 is 4.95. The Balaban J connectivity index is 2.02. The maximum Gasteiger partial charge on any atom is 0.412 e. The molecule has 1 aromatic rings. The second-order valence-corrected chi connectivity index (χ2v) is 3.53. The fraction of sp³-hybridized carbons (Fsp3) is 0.750. The van der Waals surface area contributed by atoms with Gasteiger partial charge in [0.1, 0.15) is 0 Å². The zero-order valence-corrected chi connectivity index (χ0v) is 7.31. The van der Waals surface area contributed by atoms with Crippen LogP contribution in [0.2, 0.25) is 0 Å². The Morgan fingerprint density at radius 1 is 1.23 bits per heavy atom. The van der Waals surface area contributed by atoms with Crippen LogP contribution in [0.3, 0.4) is 0 Å². The van der Waals surface area contributed by atoms with Crippen LogP contribution >= 0.6 is 0 Å². The zero-order chi connectivity index (χ0) is 9.26. The SMILES string of the molecule is NC1CCC(c2nnc(O)o2)CC1. The molecule has 1 aliphatic rings. The second-order valence-electron chi connectivity index (χ2n) is 3.53. The normalized spacial score (nSPS) is 29.0. The second kappa shape index (κ2) is 3.33. The molecule has 0 unspecified atom stereocenters. The van der Waals surface area contributed by atoms with Crippen LogP contribution in [-0.2, 0) is 0 Å². The lowest BCUT2D eigenvalue weighted by atomic mass is 9.86. The molecule has 1 aliphatic carbocycles. The van der Waals surface area contributed by atoms with Gasteiger partial charge in [-0.3, -0.25) is 0 Å². The number of aromatic nitrogens is 2. The van der Waals surface area contributed by atoms with Gasteiger partial charge in [0.2, 0.25) is 5.89 Å². The minimum atomic E-state index is -0.343. The van der Waals surface area contributed by atoms with Gasteiger partial charge in [-0.05, 0) is 25.7 Å². The van der Waals surface area contributed by atoms with Crippen molar-refractivity contribution in [3.63, 3.8) is 0 Å². The highest BCUT2D eigenvalue weighted by Crippen LogP contribution is 2.31. The lowest BCUT2D eigenvalue weighted by Crippen LogP contribution is -2.25. The zero-order valence-electron chi connectivity index (χ0n) is 7.31. The van der Waals surface area contributed by atoms with Gasteiger partial charge in [-0.15, -0.1) is 5.10 Å². The highest BCUT2D eigenvalue weighted by atomic mass is 16.5. The molecule has 1 heterocycles. The Bertz CT molecular complexity index is 279. The number of nitrogens with two attached hydrogens (primary N) is 1. The summed E-state index contributed by atoms with van der Waals surface area (Å²) in [6.45, 7) is 0. The Kier molecular flexibility index (Phi) is 2.18. The molecule has 2 rings (SSSR count). The Morgan fingerprint density at radius 2 is 1.92 bits per heavy atom. The standard InChI is InChI=1S/C8H13N3O2/c9-6-3-1-5(2-4-6)7-10-11-8(12)13-7/h5-6H,1-4,9H2,(H,11,12). The number of aromatic hydroxyl groups is 1. The third-order valence-corrected chi connectivity index (χ3v) is 2.55. The van der Waals surface area contributed by atoms with Crippen LogP contribution in [0.15, 0.2) is 4.42 Å². The van der Waals surface area contributed by atoms with Crippen molar-refractivity contribution in [1.82, 2.24) is 10.2 Å². The average Bonchev–Trinajstić information content (AvgIpc) is 2.53. The van der Waals surface area contributed by atoms with E-state index in [4.69, 9.17) is 15.3 Å². The van der Waals surface area contributed by atoms with Crippen LogP contribution in [0.5, 0.6) is 6.08 Å². The van der Waals surface area contributed by atoms with Gasteiger partial charge in [-0.2, -0.15) is 0 Å². The smallest absolute Gasteiger partial charge is 0.412 e. The maximum atomic E-state index is 8.87. The van der Waals surface area contributed by atoms with E-state index in [1.165, 1.54) is 0 Å². The molecule has 5 nitrogen and oxygen atoms in total. The van der Waals surface area contributed by atoms with Crippen LogP contribution in [0, 0.1) is 0 Å². The molecule has 72 valence electrons. The van der Waals surface area contributed by atoms with E-state index in [1.54, 1.807) is 0 Å². The molecule has 0 aliphatic heterocycles. The molecule has 1 aromatic heterocycles. The molecule has 1 fully saturated rings. The minimum absolute atomic E-state index is 0.285. The minimum Gasteiger partial charge on any atom is -0.465 e. The van der Waals surface area contributed by atoms with Crippen molar-refractivity contribution in [3.8, 4) is 6.08 Å². The summed E-state index contributed by atoms with van der Waals surface area (Å²) in [6.07, 6.45) is 3.60. The van der Waals surface area contributed by atoms with E-state index in [2.05, 4.69) is 10.2 Å². The fourth-order valence-electron chi connectivity index (χ4n) is 1.76. The molecule has 3 N–H and O–H groups in total. The summed E-state index contributed by atoms with van der Waals surface area (Å²) in [6, 6.07) is 0.313.